The number of pyridine rings is 2. The van der Waals surface area contributed by atoms with Crippen molar-refractivity contribution in [1.29, 1.82) is 0 Å². The van der Waals surface area contributed by atoms with E-state index in [4.69, 9.17) is 9.47 Å². The summed E-state index contributed by atoms with van der Waals surface area (Å²) >= 11 is 6.86. The number of hydrogen-bond acceptors (Lipinski definition) is 9. The van der Waals surface area contributed by atoms with Crippen molar-refractivity contribution in [3.8, 4) is 11.4 Å². The second-order valence-electron chi connectivity index (χ2n) is 13.9. The van der Waals surface area contributed by atoms with Gasteiger partial charge in [0.25, 0.3) is 0 Å². The predicted octanol–water partition coefficient (Wildman–Crippen LogP) is 8.92. The SMILES string of the molecule is CCN(Cc1nc2c(cnc3cc(Br)ccc32)[nH]1)C(=O)OC(C)(C)C.CCN(Cc1nc2cn(O)c3cc(Br)ccc3c-2n1)C(=O)OC(C)(C)C. The van der Waals surface area contributed by atoms with E-state index in [1.54, 1.807) is 16.0 Å². The van der Waals surface area contributed by atoms with E-state index in [1.165, 1.54) is 6.20 Å². The van der Waals surface area contributed by atoms with Crippen molar-refractivity contribution in [2.24, 2.45) is 0 Å². The zero-order valence-corrected chi connectivity index (χ0v) is 33.1. The van der Waals surface area contributed by atoms with Crippen LogP contribution in [0.25, 0.3) is 44.2 Å². The average molecular weight is 827 g/mol. The van der Waals surface area contributed by atoms with Crippen LogP contribution < -0.4 is 0 Å². The van der Waals surface area contributed by atoms with Gasteiger partial charge in [0, 0.05) is 32.8 Å². The standard InChI is InChI=1S/C18H21BrN4O3.C18H21BrN4O2/c1-5-22(17(24)26-18(2,3)4)10-15-20-13-9-23(25)14-8-11(19)6-7-12(14)16(13)21-15;1-5-23(17(24)25-18(2,3)4)10-15-21-14-9-20-13-8-11(19)6-7-12(13)16(14)22-15/h6-9,25H,5,10H2,1-4H3;6-9H,5,10H2,1-4H3,(H,21,22). The molecule has 270 valence electrons. The van der Waals surface area contributed by atoms with Gasteiger partial charge in [0.2, 0.25) is 0 Å². The normalized spacial score (nSPS) is 11.9. The van der Waals surface area contributed by atoms with E-state index in [0.29, 0.717) is 48.2 Å². The lowest BCUT2D eigenvalue weighted by atomic mass is 10.1. The third kappa shape index (κ3) is 9.25. The molecule has 2 amide bonds. The highest BCUT2D eigenvalue weighted by molar-refractivity contribution is 9.10. The molecule has 0 aliphatic carbocycles. The molecule has 0 bridgehead atoms. The van der Waals surface area contributed by atoms with Crippen molar-refractivity contribution < 1.29 is 24.3 Å². The van der Waals surface area contributed by atoms with E-state index >= 15 is 0 Å². The highest BCUT2D eigenvalue weighted by Gasteiger charge is 2.25. The summed E-state index contributed by atoms with van der Waals surface area (Å²) in [4.78, 5) is 49.2. The van der Waals surface area contributed by atoms with Gasteiger partial charge in [-0.3, -0.25) is 4.98 Å². The van der Waals surface area contributed by atoms with E-state index in [0.717, 1.165) is 41.0 Å². The van der Waals surface area contributed by atoms with E-state index in [2.05, 4.69) is 56.8 Å². The molecule has 4 heterocycles. The number of aromatic nitrogens is 6. The molecule has 4 aromatic rings. The second kappa shape index (κ2) is 15.0. The van der Waals surface area contributed by atoms with Crippen molar-refractivity contribution in [3.05, 3.63) is 69.4 Å². The van der Waals surface area contributed by atoms with Crippen molar-refractivity contribution >= 4 is 76.9 Å². The first-order valence-corrected chi connectivity index (χ1v) is 18.1. The minimum Gasteiger partial charge on any atom is -0.444 e. The number of nitrogens with zero attached hydrogens (tertiary/aromatic N) is 7. The molecule has 0 saturated carbocycles. The molecule has 0 radical (unpaired) electrons. The summed E-state index contributed by atoms with van der Waals surface area (Å²) in [6.45, 7) is 16.5. The Morgan fingerprint density at radius 2 is 1.43 bits per heavy atom. The van der Waals surface area contributed by atoms with Crippen LogP contribution in [-0.4, -0.2) is 81.1 Å². The number of benzene rings is 2. The lowest BCUT2D eigenvalue weighted by molar-refractivity contribution is 0.0230. The Hall–Kier alpha value is -4.50. The Balaban J connectivity index is 0.000000198. The zero-order chi connectivity index (χ0) is 37.2. The maximum Gasteiger partial charge on any atom is 0.410 e. The molecular formula is C36H42Br2N8O5. The monoisotopic (exact) mass is 824 g/mol. The van der Waals surface area contributed by atoms with Crippen LogP contribution in [-0.2, 0) is 22.6 Å². The molecule has 2 aromatic heterocycles. The van der Waals surface area contributed by atoms with E-state index < -0.39 is 17.3 Å². The summed E-state index contributed by atoms with van der Waals surface area (Å²) in [5, 5.41) is 12.0. The van der Waals surface area contributed by atoms with Gasteiger partial charge in [0.05, 0.1) is 47.6 Å². The highest BCUT2D eigenvalue weighted by Crippen LogP contribution is 2.31. The number of amides is 2. The third-order valence-corrected chi connectivity index (χ3v) is 8.49. The Morgan fingerprint density at radius 3 is 2.04 bits per heavy atom. The van der Waals surface area contributed by atoms with Gasteiger partial charge >= 0.3 is 12.2 Å². The fourth-order valence-electron chi connectivity index (χ4n) is 5.21. The quantitative estimate of drug-likeness (QED) is 0.157. The molecule has 0 saturated heterocycles. The Kier molecular flexibility index (Phi) is 11.1. The number of carbonyl (C=O) groups excluding carboxylic acids is 2. The first-order chi connectivity index (χ1) is 23.9. The molecule has 0 atom stereocenters. The van der Waals surface area contributed by atoms with Gasteiger partial charge in [-0.15, -0.1) is 0 Å². The molecule has 2 aliphatic heterocycles. The molecule has 0 spiro atoms. The Labute approximate surface area is 312 Å². The molecule has 2 aromatic carbocycles. The summed E-state index contributed by atoms with van der Waals surface area (Å²) in [5.74, 6) is 1.21. The topological polar surface area (TPSA) is 152 Å². The number of aromatic amines is 1. The molecule has 6 rings (SSSR count). The van der Waals surface area contributed by atoms with Gasteiger partial charge in [0.1, 0.15) is 34.2 Å². The summed E-state index contributed by atoms with van der Waals surface area (Å²) in [5.41, 5.74) is 3.38. The average Bonchev–Trinajstić information content (AvgIpc) is 3.64. The zero-order valence-electron chi connectivity index (χ0n) is 29.9. The summed E-state index contributed by atoms with van der Waals surface area (Å²) in [6.07, 6.45) is 2.54. The lowest BCUT2D eigenvalue weighted by Gasteiger charge is -2.25. The van der Waals surface area contributed by atoms with Crippen molar-refractivity contribution in [2.45, 2.75) is 79.7 Å². The van der Waals surface area contributed by atoms with Crippen LogP contribution in [0.5, 0.6) is 0 Å². The molecule has 2 N–H and O–H groups in total. The van der Waals surface area contributed by atoms with Crippen molar-refractivity contribution in [2.75, 3.05) is 13.1 Å². The smallest absolute Gasteiger partial charge is 0.410 e. The number of hydrogen-bond donors (Lipinski definition) is 2. The Morgan fingerprint density at radius 1 is 0.843 bits per heavy atom. The van der Waals surface area contributed by atoms with Crippen LogP contribution in [0.1, 0.15) is 67.0 Å². The Bertz CT molecular complexity index is 2170. The van der Waals surface area contributed by atoms with Gasteiger partial charge < -0.3 is 29.5 Å². The molecule has 51 heavy (non-hydrogen) atoms. The fourth-order valence-corrected chi connectivity index (χ4v) is 5.91. The van der Waals surface area contributed by atoms with Crippen LogP contribution in [0.15, 0.2) is 57.7 Å². The van der Waals surface area contributed by atoms with Crippen LogP contribution in [0.4, 0.5) is 9.59 Å². The van der Waals surface area contributed by atoms with Gasteiger partial charge in [0.15, 0.2) is 0 Å². The summed E-state index contributed by atoms with van der Waals surface area (Å²) in [6, 6.07) is 11.5. The molecule has 0 fully saturated rings. The fraction of sp³-hybridized carbons (Fsp3) is 0.389. The lowest BCUT2D eigenvalue weighted by Crippen LogP contribution is -2.36. The van der Waals surface area contributed by atoms with Gasteiger partial charge in [-0.05, 0) is 91.8 Å². The molecular weight excluding hydrogens is 784 g/mol. The van der Waals surface area contributed by atoms with E-state index in [9.17, 15) is 14.8 Å². The van der Waals surface area contributed by atoms with Crippen LogP contribution in [0.3, 0.4) is 0 Å². The summed E-state index contributed by atoms with van der Waals surface area (Å²) in [7, 11) is 0. The number of fused-ring (bicyclic) bond motifs is 6. The van der Waals surface area contributed by atoms with Crippen LogP contribution >= 0.6 is 31.9 Å². The maximum absolute atomic E-state index is 12.3. The largest absolute Gasteiger partial charge is 0.444 e. The number of imidazole rings is 2. The van der Waals surface area contributed by atoms with Gasteiger partial charge in [-0.2, -0.15) is 4.73 Å². The molecule has 15 heteroatoms. The van der Waals surface area contributed by atoms with Crippen molar-refractivity contribution in [3.63, 3.8) is 0 Å². The molecule has 2 aliphatic rings. The van der Waals surface area contributed by atoms with Crippen LogP contribution in [0.2, 0.25) is 0 Å². The molecule has 0 unspecified atom stereocenters. The number of H-pyrrole nitrogens is 1. The number of carbonyl (C=O) groups is 2. The first kappa shape index (κ1) is 37.7. The molecule has 13 nitrogen and oxygen atoms in total. The van der Waals surface area contributed by atoms with Gasteiger partial charge in [-0.25, -0.2) is 24.5 Å². The van der Waals surface area contributed by atoms with Gasteiger partial charge in [-0.1, -0.05) is 31.9 Å². The first-order valence-electron chi connectivity index (χ1n) is 16.5. The summed E-state index contributed by atoms with van der Waals surface area (Å²) < 4.78 is 13.7. The predicted molar refractivity (Wildman–Crippen MR) is 203 cm³/mol. The van der Waals surface area contributed by atoms with E-state index in [-0.39, 0.29) is 12.6 Å². The number of nitrogens with one attached hydrogen (secondary N) is 1. The number of rotatable bonds is 6. The van der Waals surface area contributed by atoms with Crippen LogP contribution in [0, 0.1) is 0 Å². The van der Waals surface area contributed by atoms with Crippen molar-refractivity contribution in [1.82, 2.24) is 39.5 Å². The minimum absolute atomic E-state index is 0.240. The third-order valence-electron chi connectivity index (χ3n) is 7.51. The highest BCUT2D eigenvalue weighted by atomic mass is 79.9. The minimum atomic E-state index is -0.561. The van der Waals surface area contributed by atoms with E-state index in [1.807, 2.05) is 91.8 Å². The second-order valence-corrected chi connectivity index (χ2v) is 15.7. The number of halogens is 2. The number of ether oxygens (including phenoxy) is 2. The maximum atomic E-state index is 12.3.